The fraction of sp³-hybridized carbons (Fsp3) is 0.364. The Morgan fingerprint density at radius 1 is 1.12 bits per heavy atom. The van der Waals surface area contributed by atoms with Gasteiger partial charge in [-0.1, -0.05) is 17.4 Å². The van der Waals surface area contributed by atoms with Crippen LogP contribution in [0.4, 0.5) is 5.13 Å². The lowest BCUT2D eigenvalue weighted by atomic mass is 10.1. The van der Waals surface area contributed by atoms with E-state index in [1.54, 1.807) is 0 Å². The highest BCUT2D eigenvalue weighted by atomic mass is 32.2. The van der Waals surface area contributed by atoms with E-state index in [0.717, 1.165) is 21.3 Å². The van der Waals surface area contributed by atoms with Crippen LogP contribution < -0.4 is 10.9 Å². The van der Waals surface area contributed by atoms with Crippen LogP contribution in [-0.4, -0.2) is 48.9 Å². The van der Waals surface area contributed by atoms with Gasteiger partial charge in [0.2, 0.25) is 15.2 Å². The Balaban J connectivity index is 1.44. The highest BCUT2D eigenvalue weighted by Crippen LogP contribution is 2.29. The smallest absolute Gasteiger partial charge is 0.269 e. The standard InChI is InChI=1S/C22H26N4O4S2/c1-13-9-14(2)20-19(10-13)31-22(23-20)25-24-21(27)17-5-7-18(8-6-17)32(28,29)26-11-15(3)30-16(4)12-26/h5-10,15-16H,11-12H2,1-4H3,(H,23,25)(H,24,27)/t15-,16+. The highest BCUT2D eigenvalue weighted by molar-refractivity contribution is 7.89. The number of aryl methyl sites for hydroxylation is 2. The third-order valence-electron chi connectivity index (χ3n) is 5.25. The molecule has 1 aliphatic rings. The molecule has 0 aliphatic carbocycles. The largest absolute Gasteiger partial charge is 0.373 e. The number of nitrogens with zero attached hydrogens (tertiary/aromatic N) is 2. The van der Waals surface area contributed by atoms with E-state index >= 15 is 0 Å². The normalized spacial score (nSPS) is 19.8. The van der Waals surface area contributed by atoms with Gasteiger partial charge in [-0.05, 0) is 69.2 Å². The average molecular weight is 475 g/mol. The summed E-state index contributed by atoms with van der Waals surface area (Å²) in [5, 5.41) is 0.580. The molecule has 3 aromatic rings. The summed E-state index contributed by atoms with van der Waals surface area (Å²) in [4.78, 5) is 17.2. The minimum Gasteiger partial charge on any atom is -0.373 e. The Kier molecular flexibility index (Phi) is 6.22. The van der Waals surface area contributed by atoms with E-state index in [1.165, 1.54) is 39.9 Å². The van der Waals surface area contributed by atoms with Crippen LogP contribution in [0.5, 0.6) is 0 Å². The third-order valence-corrected chi connectivity index (χ3v) is 8.02. The lowest BCUT2D eigenvalue weighted by Crippen LogP contribution is -2.48. The summed E-state index contributed by atoms with van der Waals surface area (Å²) in [5.41, 5.74) is 8.96. The molecule has 32 heavy (non-hydrogen) atoms. The van der Waals surface area contributed by atoms with Crippen molar-refractivity contribution >= 4 is 42.6 Å². The Morgan fingerprint density at radius 3 is 2.44 bits per heavy atom. The number of rotatable bonds is 5. The van der Waals surface area contributed by atoms with Crippen LogP contribution in [-0.2, 0) is 14.8 Å². The van der Waals surface area contributed by atoms with Crippen LogP contribution in [0.15, 0.2) is 41.3 Å². The number of carbonyl (C=O) groups excluding carboxylic acids is 1. The first-order chi connectivity index (χ1) is 15.1. The van der Waals surface area contributed by atoms with Crippen molar-refractivity contribution in [3.8, 4) is 0 Å². The second-order valence-electron chi connectivity index (χ2n) is 8.13. The second-order valence-corrected chi connectivity index (χ2v) is 11.1. The van der Waals surface area contributed by atoms with Gasteiger partial charge in [0.15, 0.2) is 0 Å². The number of hydrogen-bond acceptors (Lipinski definition) is 7. The molecule has 1 amide bonds. The molecule has 10 heteroatoms. The number of nitrogens with one attached hydrogen (secondary N) is 2. The number of benzene rings is 2. The maximum atomic E-state index is 13.0. The van der Waals surface area contributed by atoms with E-state index in [2.05, 4.69) is 28.0 Å². The molecule has 0 saturated carbocycles. The van der Waals surface area contributed by atoms with Gasteiger partial charge in [0.25, 0.3) is 5.91 Å². The molecule has 4 rings (SSSR count). The molecule has 0 bridgehead atoms. The Bertz CT molecular complexity index is 1240. The average Bonchev–Trinajstić information content (AvgIpc) is 3.14. The maximum Gasteiger partial charge on any atom is 0.269 e. The predicted molar refractivity (Wildman–Crippen MR) is 125 cm³/mol. The molecule has 1 fully saturated rings. The maximum absolute atomic E-state index is 13.0. The van der Waals surface area contributed by atoms with E-state index in [4.69, 9.17) is 4.74 Å². The van der Waals surface area contributed by atoms with E-state index in [1.807, 2.05) is 27.7 Å². The Labute approximate surface area is 191 Å². The number of ether oxygens (including phenoxy) is 1. The number of amides is 1. The predicted octanol–water partition coefficient (Wildman–Crippen LogP) is 3.47. The van der Waals surface area contributed by atoms with Gasteiger partial charge < -0.3 is 4.74 Å². The molecular formula is C22H26N4O4S2. The molecule has 2 N–H and O–H groups in total. The number of hydrogen-bond donors (Lipinski definition) is 2. The zero-order chi connectivity index (χ0) is 23.0. The van der Waals surface area contributed by atoms with Crippen LogP contribution in [0.25, 0.3) is 10.2 Å². The van der Waals surface area contributed by atoms with Crippen molar-refractivity contribution in [2.24, 2.45) is 0 Å². The summed E-state index contributed by atoms with van der Waals surface area (Å²) in [6.45, 7) is 8.36. The summed E-state index contributed by atoms with van der Waals surface area (Å²) in [6, 6.07) is 10.0. The van der Waals surface area contributed by atoms with Crippen molar-refractivity contribution < 1.29 is 17.9 Å². The fourth-order valence-electron chi connectivity index (χ4n) is 3.86. The minimum atomic E-state index is -3.65. The third kappa shape index (κ3) is 4.63. The lowest BCUT2D eigenvalue weighted by molar-refractivity contribution is -0.0440. The molecular weight excluding hydrogens is 448 g/mol. The first kappa shape index (κ1) is 22.7. The Morgan fingerprint density at radius 2 is 1.78 bits per heavy atom. The van der Waals surface area contributed by atoms with Crippen LogP contribution in [0.3, 0.4) is 0 Å². The summed E-state index contributed by atoms with van der Waals surface area (Å²) < 4.78 is 34.0. The van der Waals surface area contributed by atoms with Crippen LogP contribution in [0.2, 0.25) is 0 Å². The van der Waals surface area contributed by atoms with Gasteiger partial charge in [-0.2, -0.15) is 4.31 Å². The van der Waals surface area contributed by atoms with Gasteiger partial charge in [-0.25, -0.2) is 13.4 Å². The topological polar surface area (TPSA) is 101 Å². The molecule has 1 aliphatic heterocycles. The number of aromatic nitrogens is 1. The van der Waals surface area contributed by atoms with E-state index in [0.29, 0.717) is 23.8 Å². The molecule has 8 nitrogen and oxygen atoms in total. The molecule has 0 unspecified atom stereocenters. The van der Waals surface area contributed by atoms with Gasteiger partial charge in [0.1, 0.15) is 0 Å². The van der Waals surface area contributed by atoms with Crippen LogP contribution >= 0.6 is 11.3 Å². The SMILES string of the molecule is Cc1cc(C)c2nc(NNC(=O)c3ccc(S(=O)(=O)N4C[C@@H](C)O[C@@H](C)C4)cc3)sc2c1. The Hall–Kier alpha value is -2.53. The molecule has 170 valence electrons. The number of carbonyl (C=O) groups is 1. The van der Waals surface area contributed by atoms with Crippen molar-refractivity contribution in [2.75, 3.05) is 18.5 Å². The van der Waals surface area contributed by atoms with Gasteiger partial charge in [0, 0.05) is 18.7 Å². The van der Waals surface area contributed by atoms with E-state index in [-0.39, 0.29) is 23.0 Å². The molecule has 2 aromatic carbocycles. The molecule has 2 heterocycles. The summed E-state index contributed by atoms with van der Waals surface area (Å²) in [7, 11) is -3.65. The van der Waals surface area contributed by atoms with Gasteiger partial charge in [0.05, 0.1) is 27.3 Å². The van der Waals surface area contributed by atoms with Gasteiger partial charge in [-0.3, -0.25) is 15.6 Å². The summed E-state index contributed by atoms with van der Waals surface area (Å²) >= 11 is 1.45. The lowest BCUT2D eigenvalue weighted by Gasteiger charge is -2.34. The fourth-order valence-corrected chi connectivity index (χ4v) is 6.45. The zero-order valence-electron chi connectivity index (χ0n) is 18.4. The molecule has 1 aromatic heterocycles. The van der Waals surface area contributed by atoms with Crippen molar-refractivity contribution in [2.45, 2.75) is 44.8 Å². The first-order valence-electron chi connectivity index (χ1n) is 10.3. The number of anilines is 1. The van der Waals surface area contributed by atoms with Gasteiger partial charge in [-0.15, -0.1) is 0 Å². The number of sulfonamides is 1. The van der Waals surface area contributed by atoms with Crippen molar-refractivity contribution in [3.05, 3.63) is 53.1 Å². The quantitative estimate of drug-likeness (QED) is 0.549. The molecule has 0 spiro atoms. The van der Waals surface area contributed by atoms with E-state index < -0.39 is 10.0 Å². The summed E-state index contributed by atoms with van der Waals surface area (Å²) in [6.07, 6.45) is -0.334. The monoisotopic (exact) mass is 474 g/mol. The van der Waals surface area contributed by atoms with Crippen molar-refractivity contribution in [3.63, 3.8) is 0 Å². The molecule has 2 atom stereocenters. The minimum absolute atomic E-state index is 0.153. The van der Waals surface area contributed by atoms with Crippen molar-refractivity contribution in [1.29, 1.82) is 0 Å². The molecule has 1 saturated heterocycles. The van der Waals surface area contributed by atoms with Crippen LogP contribution in [0, 0.1) is 13.8 Å². The van der Waals surface area contributed by atoms with E-state index in [9.17, 15) is 13.2 Å². The van der Waals surface area contributed by atoms with Crippen LogP contribution in [0.1, 0.15) is 35.3 Å². The van der Waals surface area contributed by atoms with Crippen molar-refractivity contribution in [1.82, 2.24) is 14.7 Å². The number of thiazole rings is 1. The zero-order valence-corrected chi connectivity index (χ0v) is 20.0. The number of morpholine rings is 1. The highest BCUT2D eigenvalue weighted by Gasteiger charge is 2.32. The summed E-state index contributed by atoms with van der Waals surface area (Å²) in [5.74, 6) is -0.380. The second kappa shape index (κ2) is 8.78. The molecule has 0 radical (unpaired) electrons. The van der Waals surface area contributed by atoms with Gasteiger partial charge >= 0.3 is 0 Å². The first-order valence-corrected chi connectivity index (χ1v) is 12.6. The number of hydrazine groups is 1. The number of fused-ring (bicyclic) bond motifs is 1.